The van der Waals surface area contributed by atoms with Gasteiger partial charge in [-0.05, 0) is 45.3 Å². The van der Waals surface area contributed by atoms with E-state index in [1.165, 1.54) is 0 Å². The van der Waals surface area contributed by atoms with Crippen LogP contribution in [0.5, 0.6) is 0 Å². The average Bonchev–Trinajstić information content (AvgIpc) is 2.97. The van der Waals surface area contributed by atoms with Gasteiger partial charge in [-0.3, -0.25) is 0 Å². The van der Waals surface area contributed by atoms with E-state index in [-0.39, 0.29) is 18.3 Å². The topological polar surface area (TPSA) is 49.2 Å². The van der Waals surface area contributed by atoms with Crippen LogP contribution in [-0.2, 0) is 9.31 Å². The molecule has 0 spiro atoms. The van der Waals surface area contributed by atoms with Gasteiger partial charge in [0.2, 0.25) is 0 Å². The van der Waals surface area contributed by atoms with Crippen molar-refractivity contribution < 1.29 is 9.31 Å². The first-order valence-corrected chi connectivity index (χ1v) is 6.71. The second-order valence-electron chi connectivity index (χ2n) is 6.00. The van der Waals surface area contributed by atoms with Crippen LogP contribution in [0.2, 0.25) is 0 Å². The molecular formula is C14H18BN3O2. The minimum absolute atomic E-state index is 0.320. The van der Waals surface area contributed by atoms with Gasteiger partial charge in [0.1, 0.15) is 0 Å². The Morgan fingerprint density at radius 2 is 1.40 bits per heavy atom. The molecule has 20 heavy (non-hydrogen) atoms. The summed E-state index contributed by atoms with van der Waals surface area (Å²) >= 11 is 0. The predicted molar refractivity (Wildman–Crippen MR) is 77.1 cm³/mol. The SMILES string of the molecule is CC1(C)OB(c2ccc(-n3nccn3)cc2)OC1(C)C. The van der Waals surface area contributed by atoms with Crippen LogP contribution in [-0.4, -0.2) is 33.3 Å². The zero-order chi connectivity index (χ0) is 14.4. The summed E-state index contributed by atoms with van der Waals surface area (Å²) in [6.45, 7) is 8.20. The van der Waals surface area contributed by atoms with Crippen molar-refractivity contribution >= 4 is 12.6 Å². The molecule has 0 saturated carbocycles. The quantitative estimate of drug-likeness (QED) is 0.778. The molecule has 1 aromatic heterocycles. The van der Waals surface area contributed by atoms with Crippen LogP contribution in [0.3, 0.4) is 0 Å². The maximum atomic E-state index is 6.02. The zero-order valence-corrected chi connectivity index (χ0v) is 12.2. The Balaban J connectivity index is 1.83. The van der Waals surface area contributed by atoms with E-state index in [2.05, 4.69) is 37.9 Å². The van der Waals surface area contributed by atoms with Crippen molar-refractivity contribution in [2.75, 3.05) is 0 Å². The molecule has 0 radical (unpaired) electrons. The molecule has 0 N–H and O–H groups in total. The Hall–Kier alpha value is -1.66. The molecule has 1 aromatic carbocycles. The minimum Gasteiger partial charge on any atom is -0.399 e. The number of benzene rings is 1. The fraction of sp³-hybridized carbons (Fsp3) is 0.429. The van der Waals surface area contributed by atoms with E-state index in [0.29, 0.717) is 0 Å². The largest absolute Gasteiger partial charge is 0.494 e. The monoisotopic (exact) mass is 271 g/mol. The van der Waals surface area contributed by atoms with Gasteiger partial charge in [-0.1, -0.05) is 12.1 Å². The Labute approximate surface area is 119 Å². The molecule has 0 atom stereocenters. The fourth-order valence-electron chi connectivity index (χ4n) is 2.09. The molecule has 104 valence electrons. The molecule has 0 unspecified atom stereocenters. The standard InChI is InChI=1S/C14H18BN3O2/c1-13(2)14(3,4)20-15(19-13)11-5-7-12(8-6-11)18-16-9-10-17-18/h5-10H,1-4H3. The summed E-state index contributed by atoms with van der Waals surface area (Å²) in [7, 11) is -0.334. The van der Waals surface area contributed by atoms with Crippen molar-refractivity contribution in [3.8, 4) is 5.69 Å². The summed E-state index contributed by atoms with van der Waals surface area (Å²) < 4.78 is 12.0. The molecule has 0 aliphatic carbocycles. The normalized spacial score (nSPS) is 20.3. The van der Waals surface area contributed by atoms with Crippen molar-refractivity contribution in [3.63, 3.8) is 0 Å². The van der Waals surface area contributed by atoms with Gasteiger partial charge < -0.3 is 9.31 Å². The van der Waals surface area contributed by atoms with Gasteiger partial charge in [-0.25, -0.2) is 0 Å². The molecule has 2 aromatic rings. The van der Waals surface area contributed by atoms with Gasteiger partial charge in [0.25, 0.3) is 0 Å². The molecule has 0 amide bonds. The first kappa shape index (κ1) is 13.3. The van der Waals surface area contributed by atoms with Crippen LogP contribution in [0.15, 0.2) is 36.7 Å². The molecule has 6 heteroatoms. The molecule has 0 bridgehead atoms. The Morgan fingerprint density at radius 3 is 1.90 bits per heavy atom. The van der Waals surface area contributed by atoms with Crippen molar-refractivity contribution in [3.05, 3.63) is 36.7 Å². The third-order valence-corrected chi connectivity index (χ3v) is 4.07. The number of hydrogen-bond donors (Lipinski definition) is 0. The smallest absolute Gasteiger partial charge is 0.399 e. The highest BCUT2D eigenvalue weighted by Crippen LogP contribution is 2.36. The molecular weight excluding hydrogens is 253 g/mol. The van der Waals surface area contributed by atoms with Crippen LogP contribution < -0.4 is 5.46 Å². The predicted octanol–water partition coefficient (Wildman–Crippen LogP) is 1.57. The Kier molecular flexibility index (Phi) is 2.95. The summed E-state index contributed by atoms with van der Waals surface area (Å²) in [5.74, 6) is 0. The van der Waals surface area contributed by atoms with Gasteiger partial charge in [-0.15, -0.1) is 0 Å². The summed E-state index contributed by atoms with van der Waals surface area (Å²) in [6, 6.07) is 7.89. The van der Waals surface area contributed by atoms with Gasteiger partial charge >= 0.3 is 7.12 Å². The van der Waals surface area contributed by atoms with E-state index in [9.17, 15) is 0 Å². The Morgan fingerprint density at radius 1 is 0.900 bits per heavy atom. The summed E-state index contributed by atoms with van der Waals surface area (Å²) in [4.78, 5) is 1.58. The lowest BCUT2D eigenvalue weighted by Gasteiger charge is -2.32. The van der Waals surface area contributed by atoms with Gasteiger partial charge in [-0.2, -0.15) is 15.0 Å². The van der Waals surface area contributed by atoms with E-state index in [1.807, 2.05) is 24.3 Å². The van der Waals surface area contributed by atoms with E-state index in [0.717, 1.165) is 11.2 Å². The maximum Gasteiger partial charge on any atom is 0.494 e. The molecule has 3 rings (SSSR count). The summed E-state index contributed by atoms with van der Waals surface area (Å²) in [5.41, 5.74) is 1.27. The van der Waals surface area contributed by atoms with E-state index in [4.69, 9.17) is 9.31 Å². The van der Waals surface area contributed by atoms with E-state index >= 15 is 0 Å². The van der Waals surface area contributed by atoms with Crippen molar-refractivity contribution in [2.24, 2.45) is 0 Å². The van der Waals surface area contributed by atoms with Crippen LogP contribution >= 0.6 is 0 Å². The van der Waals surface area contributed by atoms with E-state index in [1.54, 1.807) is 17.2 Å². The molecule has 1 aliphatic rings. The van der Waals surface area contributed by atoms with Gasteiger partial charge in [0.05, 0.1) is 29.3 Å². The van der Waals surface area contributed by atoms with Crippen molar-refractivity contribution in [1.29, 1.82) is 0 Å². The average molecular weight is 271 g/mol. The second-order valence-corrected chi connectivity index (χ2v) is 6.00. The maximum absolute atomic E-state index is 6.02. The highest BCUT2D eigenvalue weighted by molar-refractivity contribution is 6.62. The Bertz CT molecular complexity index is 577. The van der Waals surface area contributed by atoms with Gasteiger partial charge in [0, 0.05) is 0 Å². The minimum atomic E-state index is -0.334. The van der Waals surface area contributed by atoms with E-state index < -0.39 is 0 Å². The van der Waals surface area contributed by atoms with Gasteiger partial charge in [0.15, 0.2) is 0 Å². The lowest BCUT2D eigenvalue weighted by Crippen LogP contribution is -2.41. The summed E-state index contributed by atoms with van der Waals surface area (Å²) in [6.07, 6.45) is 3.31. The lowest BCUT2D eigenvalue weighted by atomic mass is 9.79. The third-order valence-electron chi connectivity index (χ3n) is 4.07. The van der Waals surface area contributed by atoms with Crippen LogP contribution in [0.1, 0.15) is 27.7 Å². The van der Waals surface area contributed by atoms with Crippen LogP contribution in [0, 0.1) is 0 Å². The molecule has 2 heterocycles. The number of rotatable bonds is 2. The van der Waals surface area contributed by atoms with Crippen molar-refractivity contribution in [2.45, 2.75) is 38.9 Å². The number of hydrogen-bond acceptors (Lipinski definition) is 4. The zero-order valence-electron chi connectivity index (χ0n) is 12.2. The second kappa shape index (κ2) is 4.43. The fourth-order valence-corrected chi connectivity index (χ4v) is 2.09. The molecule has 5 nitrogen and oxygen atoms in total. The highest BCUT2D eigenvalue weighted by Gasteiger charge is 2.51. The number of aromatic nitrogens is 3. The molecule has 1 fully saturated rings. The van der Waals surface area contributed by atoms with Crippen LogP contribution in [0.4, 0.5) is 0 Å². The lowest BCUT2D eigenvalue weighted by molar-refractivity contribution is 0.00578. The number of nitrogens with zero attached hydrogens (tertiary/aromatic N) is 3. The first-order valence-electron chi connectivity index (χ1n) is 6.71. The first-order chi connectivity index (χ1) is 9.39. The highest BCUT2D eigenvalue weighted by atomic mass is 16.7. The molecule has 1 saturated heterocycles. The molecule has 1 aliphatic heterocycles. The summed E-state index contributed by atoms with van der Waals surface area (Å²) in [5, 5.41) is 8.21. The third kappa shape index (κ3) is 2.15. The van der Waals surface area contributed by atoms with Crippen molar-refractivity contribution in [1.82, 2.24) is 15.0 Å². The van der Waals surface area contributed by atoms with Crippen LogP contribution in [0.25, 0.3) is 5.69 Å².